The largest absolute Gasteiger partial charge is 0.387 e. The number of nitrogens with zero attached hydrogens (tertiary/aromatic N) is 4. The first-order valence-electron chi connectivity index (χ1n) is 13.2. The van der Waals surface area contributed by atoms with E-state index in [-0.39, 0.29) is 16.8 Å². The van der Waals surface area contributed by atoms with Crippen molar-refractivity contribution in [3.05, 3.63) is 52.2 Å². The molecule has 3 atom stereocenters. The van der Waals surface area contributed by atoms with Crippen LogP contribution >= 0.6 is 11.6 Å². The van der Waals surface area contributed by atoms with Gasteiger partial charge < -0.3 is 25.0 Å². The van der Waals surface area contributed by atoms with Crippen LogP contribution in [0.25, 0.3) is 0 Å². The number of amides is 1. The summed E-state index contributed by atoms with van der Waals surface area (Å²) in [5, 5.41) is 13.9. The maximum absolute atomic E-state index is 14.3. The summed E-state index contributed by atoms with van der Waals surface area (Å²) in [5.41, 5.74) is 2.39. The summed E-state index contributed by atoms with van der Waals surface area (Å²) in [7, 11) is 0. The number of hydrogen-bond acceptors (Lipinski definition) is 7. The monoisotopic (exact) mass is 531 g/mol. The van der Waals surface area contributed by atoms with Crippen LogP contribution in [-0.4, -0.2) is 77.9 Å². The number of ether oxygens (including phenoxy) is 1. The Hall–Kier alpha value is -2.33. The fourth-order valence-electron chi connectivity index (χ4n) is 5.81. The number of piperazine rings is 1. The highest BCUT2D eigenvalue weighted by Gasteiger charge is 2.35. The summed E-state index contributed by atoms with van der Waals surface area (Å²) in [6.45, 7) is 6.63. The predicted octanol–water partition coefficient (Wildman–Crippen LogP) is 3.40. The highest BCUT2D eigenvalue weighted by Crippen LogP contribution is 2.42. The number of rotatable bonds is 7. The van der Waals surface area contributed by atoms with E-state index in [0.717, 1.165) is 43.1 Å². The average Bonchev–Trinajstić information content (AvgIpc) is 3.22. The molecule has 1 aromatic heterocycles. The van der Waals surface area contributed by atoms with Gasteiger partial charge in [0, 0.05) is 51.0 Å². The topological polar surface area (TPSA) is 90.8 Å². The third-order valence-corrected chi connectivity index (χ3v) is 8.21. The van der Waals surface area contributed by atoms with E-state index in [1.165, 1.54) is 18.5 Å². The molecule has 0 spiro atoms. The molecule has 2 saturated heterocycles. The fraction of sp³-hybridized carbons (Fsp3) is 0.593. The van der Waals surface area contributed by atoms with Crippen molar-refractivity contribution in [1.82, 2.24) is 20.2 Å². The Labute approximate surface area is 222 Å². The van der Waals surface area contributed by atoms with Gasteiger partial charge in [0.2, 0.25) is 5.91 Å². The number of carbonyl (C=O) groups is 1. The predicted molar refractivity (Wildman–Crippen MR) is 139 cm³/mol. The van der Waals surface area contributed by atoms with E-state index >= 15 is 0 Å². The molecule has 0 saturated carbocycles. The van der Waals surface area contributed by atoms with E-state index in [9.17, 15) is 14.3 Å². The smallest absolute Gasteiger partial charge is 0.230 e. The van der Waals surface area contributed by atoms with Gasteiger partial charge in [0.25, 0.3) is 0 Å². The highest BCUT2D eigenvalue weighted by molar-refractivity contribution is 6.30. The molecule has 2 aliphatic heterocycles. The number of aromatic nitrogens is 2. The number of anilines is 1. The van der Waals surface area contributed by atoms with Crippen molar-refractivity contribution in [2.24, 2.45) is 0 Å². The lowest BCUT2D eigenvalue weighted by molar-refractivity contribution is -0.133. The molecule has 2 N–H and O–H groups in total. The highest BCUT2D eigenvalue weighted by atomic mass is 35.5. The van der Waals surface area contributed by atoms with Crippen molar-refractivity contribution in [2.75, 3.05) is 50.8 Å². The number of aliphatic hydroxyl groups is 1. The molecule has 8 nitrogen and oxygen atoms in total. The molecule has 10 heteroatoms. The van der Waals surface area contributed by atoms with Gasteiger partial charge in [-0.3, -0.25) is 4.79 Å². The summed E-state index contributed by atoms with van der Waals surface area (Å²) in [5.74, 6) is 0.0930. The lowest BCUT2D eigenvalue weighted by Gasteiger charge is -2.38. The van der Waals surface area contributed by atoms with Gasteiger partial charge in [0.1, 0.15) is 18.0 Å². The van der Waals surface area contributed by atoms with Crippen LogP contribution in [0.5, 0.6) is 0 Å². The Kier molecular flexibility index (Phi) is 8.24. The Morgan fingerprint density at radius 3 is 2.73 bits per heavy atom. The quantitative estimate of drug-likeness (QED) is 0.566. The van der Waals surface area contributed by atoms with Gasteiger partial charge in [-0.15, -0.1) is 0 Å². The van der Waals surface area contributed by atoms with Crippen LogP contribution < -0.4 is 10.2 Å². The number of aliphatic hydroxyl groups excluding tert-OH is 1. The minimum Gasteiger partial charge on any atom is -0.387 e. The molecule has 1 aliphatic carbocycles. The minimum atomic E-state index is -0.551. The van der Waals surface area contributed by atoms with Crippen molar-refractivity contribution in [3.63, 3.8) is 0 Å². The van der Waals surface area contributed by atoms with Crippen molar-refractivity contribution >= 4 is 23.3 Å². The van der Waals surface area contributed by atoms with Crippen molar-refractivity contribution < 1.29 is 19.0 Å². The molecule has 0 bridgehead atoms. The zero-order chi connectivity index (χ0) is 25.9. The first kappa shape index (κ1) is 26.3. The zero-order valence-electron chi connectivity index (χ0n) is 21.2. The van der Waals surface area contributed by atoms with Crippen LogP contribution in [0, 0.1) is 5.82 Å². The number of hydrogen-bond donors (Lipinski definition) is 2. The van der Waals surface area contributed by atoms with E-state index in [1.54, 1.807) is 6.07 Å². The van der Waals surface area contributed by atoms with Gasteiger partial charge in [0.15, 0.2) is 0 Å². The van der Waals surface area contributed by atoms with E-state index in [1.807, 2.05) is 4.90 Å². The Balaban J connectivity index is 1.27. The zero-order valence-corrected chi connectivity index (χ0v) is 22.0. The summed E-state index contributed by atoms with van der Waals surface area (Å²) < 4.78 is 19.8. The number of halogens is 2. The van der Waals surface area contributed by atoms with Gasteiger partial charge in [-0.25, -0.2) is 14.4 Å². The standard InChI is InChI=1S/C27H35ClFN5O3/c1-17-14-23(35)25-24(17)26(32-16-31-25)33-8-10-34(11-9-33)27(36)20(18-2-3-21(28)22(29)15-18)4-7-30-19-5-12-37-13-6-19/h2-3,15-17,19-20,23,30,35H,4-14H2,1H3/t17-,20-,23-/m1/s1. The maximum atomic E-state index is 14.3. The van der Waals surface area contributed by atoms with E-state index in [0.29, 0.717) is 57.2 Å². The summed E-state index contributed by atoms with van der Waals surface area (Å²) >= 11 is 5.93. The van der Waals surface area contributed by atoms with Crippen molar-refractivity contribution in [1.29, 1.82) is 0 Å². The van der Waals surface area contributed by atoms with Crippen molar-refractivity contribution in [2.45, 2.75) is 56.6 Å². The molecule has 37 heavy (non-hydrogen) atoms. The van der Waals surface area contributed by atoms with Crippen LogP contribution in [0.15, 0.2) is 24.5 Å². The van der Waals surface area contributed by atoms with Gasteiger partial charge in [-0.05, 0) is 55.8 Å². The summed E-state index contributed by atoms with van der Waals surface area (Å²) in [6, 6.07) is 5.06. The van der Waals surface area contributed by atoms with E-state index in [4.69, 9.17) is 16.3 Å². The van der Waals surface area contributed by atoms with Crippen LogP contribution in [0.1, 0.15) is 67.4 Å². The summed E-state index contributed by atoms with van der Waals surface area (Å²) in [4.78, 5) is 26.7. The molecule has 1 amide bonds. The maximum Gasteiger partial charge on any atom is 0.230 e. The van der Waals surface area contributed by atoms with Gasteiger partial charge in [-0.2, -0.15) is 0 Å². The fourth-order valence-corrected chi connectivity index (χ4v) is 5.93. The third-order valence-electron chi connectivity index (χ3n) is 7.90. The molecular weight excluding hydrogens is 497 g/mol. The normalized spacial score (nSPS) is 23.2. The Morgan fingerprint density at radius 2 is 2.00 bits per heavy atom. The van der Waals surface area contributed by atoms with Crippen molar-refractivity contribution in [3.8, 4) is 0 Å². The molecule has 200 valence electrons. The molecule has 3 heterocycles. The van der Waals surface area contributed by atoms with E-state index < -0.39 is 17.8 Å². The van der Waals surface area contributed by atoms with Crippen LogP contribution in [0.4, 0.5) is 10.2 Å². The molecule has 3 aliphatic rings. The molecule has 0 radical (unpaired) electrons. The second kappa shape index (κ2) is 11.6. The molecule has 2 fully saturated rings. The van der Waals surface area contributed by atoms with Crippen LogP contribution in [-0.2, 0) is 9.53 Å². The number of nitrogens with one attached hydrogen (secondary N) is 1. The lowest BCUT2D eigenvalue weighted by atomic mass is 9.93. The molecular formula is C27H35ClFN5O3. The number of benzene rings is 1. The minimum absolute atomic E-state index is 0.00635. The first-order chi connectivity index (χ1) is 17.9. The van der Waals surface area contributed by atoms with Gasteiger partial charge in [0.05, 0.1) is 22.7 Å². The number of fused-ring (bicyclic) bond motifs is 1. The molecule has 5 rings (SSSR count). The van der Waals surface area contributed by atoms with Crippen LogP contribution in [0.3, 0.4) is 0 Å². The molecule has 2 aromatic rings. The third kappa shape index (κ3) is 5.74. The SMILES string of the molecule is C[C@@H]1C[C@@H](O)c2ncnc(N3CCN(C(=O)[C@H](CCNC4CCOCC4)c4ccc(Cl)c(F)c4)CC3)c21. The second-order valence-corrected chi connectivity index (χ2v) is 10.7. The molecule has 1 aromatic carbocycles. The molecule has 0 unspecified atom stereocenters. The first-order valence-corrected chi connectivity index (χ1v) is 13.6. The summed E-state index contributed by atoms with van der Waals surface area (Å²) in [6.07, 6.45) is 4.11. The Bertz CT molecular complexity index is 1110. The van der Waals surface area contributed by atoms with E-state index in [2.05, 4.69) is 27.1 Å². The van der Waals surface area contributed by atoms with Gasteiger partial charge in [-0.1, -0.05) is 24.6 Å². The number of carbonyl (C=O) groups excluding carboxylic acids is 1. The Morgan fingerprint density at radius 1 is 1.24 bits per heavy atom. The van der Waals surface area contributed by atoms with Crippen LogP contribution in [0.2, 0.25) is 5.02 Å². The average molecular weight is 532 g/mol. The lowest BCUT2D eigenvalue weighted by Crippen LogP contribution is -2.50. The van der Waals surface area contributed by atoms with Gasteiger partial charge >= 0.3 is 0 Å². The second-order valence-electron chi connectivity index (χ2n) is 10.3.